The van der Waals surface area contributed by atoms with Gasteiger partial charge in [0.25, 0.3) is 0 Å². The second-order valence-corrected chi connectivity index (χ2v) is 7.36. The van der Waals surface area contributed by atoms with Crippen LogP contribution in [-0.2, 0) is 4.79 Å². The van der Waals surface area contributed by atoms with E-state index in [1.54, 1.807) is 18.3 Å². The van der Waals surface area contributed by atoms with E-state index in [1.165, 1.54) is 18.0 Å². The minimum Gasteiger partial charge on any atom is -0.346 e. The molecule has 3 N–H and O–H groups in total. The van der Waals surface area contributed by atoms with Gasteiger partial charge in [0.15, 0.2) is 0 Å². The lowest BCUT2D eigenvalue weighted by atomic mass is 10.0. The summed E-state index contributed by atoms with van der Waals surface area (Å²) in [6, 6.07) is 8.69. The summed E-state index contributed by atoms with van der Waals surface area (Å²) < 4.78 is 17.9. The Bertz CT molecular complexity index is 967. The van der Waals surface area contributed by atoms with Gasteiger partial charge in [0, 0.05) is 34.5 Å². The summed E-state index contributed by atoms with van der Waals surface area (Å²) in [4.78, 5) is 19.5. The van der Waals surface area contributed by atoms with E-state index in [0.29, 0.717) is 22.6 Å². The predicted molar refractivity (Wildman–Crippen MR) is 105 cm³/mol. The van der Waals surface area contributed by atoms with Crippen LogP contribution < -0.4 is 10.0 Å². The zero-order valence-electron chi connectivity index (χ0n) is 14.3. The molecule has 0 unspecified atom stereocenters. The fourth-order valence-electron chi connectivity index (χ4n) is 2.85. The molecule has 134 valence electrons. The highest BCUT2D eigenvalue weighted by atomic mass is 32.2. The summed E-state index contributed by atoms with van der Waals surface area (Å²) in [6.07, 6.45) is 3.60. The van der Waals surface area contributed by atoms with Crippen molar-refractivity contribution < 1.29 is 9.18 Å². The van der Waals surface area contributed by atoms with Gasteiger partial charge in [-0.15, -0.1) is 0 Å². The van der Waals surface area contributed by atoms with Crippen molar-refractivity contribution >= 4 is 40.4 Å². The van der Waals surface area contributed by atoms with Crippen molar-refractivity contribution in [1.82, 2.24) is 9.97 Å². The molecular formula is C19H19FN4OS. The van der Waals surface area contributed by atoms with E-state index in [9.17, 15) is 9.18 Å². The number of carbonyl (C=O) groups is 1. The Balaban J connectivity index is 1.72. The smallest absolute Gasteiger partial charge is 0.228 e. The number of rotatable bonds is 6. The predicted octanol–water partition coefficient (Wildman–Crippen LogP) is 4.80. The van der Waals surface area contributed by atoms with E-state index < -0.39 is 0 Å². The molecule has 1 fully saturated rings. The maximum atomic E-state index is 14.8. The largest absolute Gasteiger partial charge is 0.346 e. The number of hydrogen-bond acceptors (Lipinski definition) is 4. The first-order valence-corrected chi connectivity index (χ1v) is 9.61. The topological polar surface area (TPSA) is 69.8 Å². The van der Waals surface area contributed by atoms with E-state index in [1.807, 2.05) is 19.1 Å². The maximum Gasteiger partial charge on any atom is 0.228 e. The number of amides is 1. The molecule has 0 aliphatic heterocycles. The van der Waals surface area contributed by atoms with Crippen molar-refractivity contribution in [2.45, 2.75) is 19.8 Å². The zero-order chi connectivity index (χ0) is 18.1. The summed E-state index contributed by atoms with van der Waals surface area (Å²) in [5.74, 6) is 1.07. The molecule has 1 amide bonds. The van der Waals surface area contributed by atoms with Crippen molar-refractivity contribution in [3.05, 3.63) is 42.3 Å². The van der Waals surface area contributed by atoms with Crippen LogP contribution in [-0.4, -0.2) is 21.6 Å². The van der Waals surface area contributed by atoms with Gasteiger partial charge in [-0.05, 0) is 48.7 Å². The molecule has 0 atom stereocenters. The molecule has 5 nitrogen and oxygen atoms in total. The average molecular weight is 370 g/mol. The molecule has 0 spiro atoms. The Hall–Kier alpha value is -2.54. The number of hydrogen-bond donors (Lipinski definition) is 3. The van der Waals surface area contributed by atoms with Crippen molar-refractivity contribution in [1.29, 1.82) is 0 Å². The molecule has 0 bridgehead atoms. The number of benzene rings is 1. The van der Waals surface area contributed by atoms with Crippen LogP contribution in [0.3, 0.4) is 0 Å². The lowest BCUT2D eigenvalue weighted by molar-refractivity contribution is -0.117. The summed E-state index contributed by atoms with van der Waals surface area (Å²) in [5, 5.41) is 3.66. The Morgan fingerprint density at radius 3 is 2.88 bits per heavy atom. The van der Waals surface area contributed by atoms with Crippen LogP contribution in [0.4, 0.5) is 15.9 Å². The first-order valence-electron chi connectivity index (χ1n) is 8.62. The number of fused-ring (bicyclic) bond motifs is 1. The molecule has 3 aromatic rings. The van der Waals surface area contributed by atoms with E-state index in [-0.39, 0.29) is 17.6 Å². The summed E-state index contributed by atoms with van der Waals surface area (Å²) >= 11 is 1.51. The fourth-order valence-corrected chi connectivity index (χ4v) is 3.29. The Morgan fingerprint density at radius 1 is 1.31 bits per heavy atom. The van der Waals surface area contributed by atoms with E-state index in [4.69, 9.17) is 0 Å². The molecule has 26 heavy (non-hydrogen) atoms. The number of halogens is 1. The first kappa shape index (κ1) is 16.9. The maximum absolute atomic E-state index is 14.8. The van der Waals surface area contributed by atoms with Crippen LogP contribution in [0.2, 0.25) is 0 Å². The van der Waals surface area contributed by atoms with Crippen molar-refractivity contribution in [3.63, 3.8) is 0 Å². The van der Waals surface area contributed by atoms with Crippen LogP contribution in [0.1, 0.15) is 19.8 Å². The highest BCUT2D eigenvalue weighted by Gasteiger charge is 2.30. The molecule has 4 rings (SSSR count). The molecule has 1 aliphatic rings. The minimum atomic E-state index is -0.320. The molecule has 2 heterocycles. The third-order valence-corrected chi connectivity index (χ3v) is 4.99. The van der Waals surface area contributed by atoms with E-state index in [2.05, 4.69) is 20.0 Å². The number of pyridine rings is 1. The number of nitrogens with one attached hydrogen (secondary N) is 3. The van der Waals surface area contributed by atoms with Gasteiger partial charge in [-0.1, -0.05) is 18.9 Å². The Morgan fingerprint density at radius 2 is 2.15 bits per heavy atom. The number of aromatic amines is 1. The van der Waals surface area contributed by atoms with Gasteiger partial charge in [0.05, 0.1) is 0 Å². The highest BCUT2D eigenvalue weighted by Crippen LogP contribution is 2.34. The summed E-state index contributed by atoms with van der Waals surface area (Å²) in [5.41, 5.74) is 2.52. The van der Waals surface area contributed by atoms with Crippen molar-refractivity contribution in [2.75, 3.05) is 15.8 Å². The third kappa shape index (κ3) is 3.39. The molecule has 0 radical (unpaired) electrons. The van der Waals surface area contributed by atoms with Crippen LogP contribution in [0, 0.1) is 11.7 Å². The molecule has 0 saturated heterocycles. The van der Waals surface area contributed by atoms with Gasteiger partial charge in [-0.2, -0.15) is 0 Å². The lowest BCUT2D eigenvalue weighted by Gasteiger charge is -2.11. The Labute approximate surface area is 154 Å². The van der Waals surface area contributed by atoms with Crippen LogP contribution in [0.5, 0.6) is 0 Å². The number of anilines is 2. The summed E-state index contributed by atoms with van der Waals surface area (Å²) in [6.45, 7) is 2.03. The zero-order valence-corrected chi connectivity index (χ0v) is 15.1. The van der Waals surface area contributed by atoms with Crippen molar-refractivity contribution in [3.8, 4) is 11.1 Å². The second-order valence-electron chi connectivity index (χ2n) is 6.29. The monoisotopic (exact) mass is 370 g/mol. The number of aromatic nitrogens is 2. The quantitative estimate of drug-likeness (QED) is 0.545. The number of H-pyrrole nitrogens is 1. The van der Waals surface area contributed by atoms with Gasteiger partial charge in [-0.3, -0.25) is 4.79 Å². The van der Waals surface area contributed by atoms with Gasteiger partial charge < -0.3 is 15.0 Å². The van der Waals surface area contributed by atoms with Crippen LogP contribution in [0.15, 0.2) is 36.5 Å². The molecule has 2 aromatic heterocycles. The van der Waals surface area contributed by atoms with Crippen LogP contribution >= 0.6 is 11.9 Å². The molecule has 1 aromatic carbocycles. The minimum absolute atomic E-state index is 0.0223. The van der Waals surface area contributed by atoms with Crippen LogP contribution in [0.25, 0.3) is 22.2 Å². The van der Waals surface area contributed by atoms with Crippen molar-refractivity contribution in [2.24, 2.45) is 5.92 Å². The van der Waals surface area contributed by atoms with Gasteiger partial charge in [0.2, 0.25) is 5.91 Å². The highest BCUT2D eigenvalue weighted by molar-refractivity contribution is 8.00. The number of carbonyl (C=O) groups excluding carboxylic acids is 1. The SMILES string of the molecule is CCSNc1ccc(-c2cc(NC(=O)C3CC3)nc3[nH]ccc23)c(F)c1. The first-order chi connectivity index (χ1) is 12.7. The van der Waals surface area contributed by atoms with E-state index >= 15 is 0 Å². The third-order valence-electron chi connectivity index (χ3n) is 4.32. The standard InChI is InChI=1S/C19H19FN4OS/c1-2-26-24-12-5-6-13(16(20)9-12)15-10-17(23-19(25)11-3-4-11)22-18-14(15)7-8-21-18/h5-11,24H,2-4H2,1H3,(H2,21,22,23,25). The normalized spacial score (nSPS) is 13.8. The lowest BCUT2D eigenvalue weighted by Crippen LogP contribution is -2.14. The average Bonchev–Trinajstić information content (AvgIpc) is 3.38. The molecule has 7 heteroatoms. The second kappa shape index (κ2) is 6.99. The molecule has 1 aliphatic carbocycles. The summed E-state index contributed by atoms with van der Waals surface area (Å²) in [7, 11) is 0. The Kier molecular flexibility index (Phi) is 4.55. The fraction of sp³-hybridized carbons (Fsp3) is 0.263. The number of nitrogens with zero attached hydrogens (tertiary/aromatic N) is 1. The van der Waals surface area contributed by atoms with Gasteiger partial charge >= 0.3 is 0 Å². The van der Waals surface area contributed by atoms with Gasteiger partial charge in [0.1, 0.15) is 17.3 Å². The van der Waals surface area contributed by atoms with Gasteiger partial charge in [-0.25, -0.2) is 9.37 Å². The molecular weight excluding hydrogens is 351 g/mol. The molecule has 1 saturated carbocycles. The van der Waals surface area contributed by atoms with E-state index in [0.717, 1.165) is 29.7 Å².